The molecule has 1 amide bonds. The maximum absolute atomic E-state index is 12.8. The molecule has 1 saturated heterocycles. The van der Waals surface area contributed by atoms with E-state index in [4.69, 9.17) is 4.74 Å². The number of nitrogens with zero attached hydrogens (tertiary/aromatic N) is 2. The van der Waals surface area contributed by atoms with Crippen LogP contribution in [0.3, 0.4) is 0 Å². The molecular weight excluding hydrogens is 307 g/mol. The Bertz CT molecular complexity index is 628. The molecule has 0 spiro atoms. The third-order valence-corrected chi connectivity index (χ3v) is 5.84. The molecule has 0 aliphatic carbocycles. The normalized spacial score (nSPS) is 20.3. The zero-order chi connectivity index (χ0) is 16.4. The molecule has 2 aliphatic rings. The molecular formula is C18H25N2O2P. The van der Waals surface area contributed by atoms with E-state index >= 15 is 0 Å². The van der Waals surface area contributed by atoms with Crippen LogP contribution in [0.1, 0.15) is 43.5 Å². The lowest BCUT2D eigenvalue weighted by molar-refractivity contribution is 0.0774. The molecule has 0 aromatic heterocycles. The monoisotopic (exact) mass is 332 g/mol. The minimum Gasteiger partial charge on any atom is -0.496 e. The Hall–Kier alpha value is -1.41. The van der Waals surface area contributed by atoms with Crippen molar-refractivity contribution in [3.05, 3.63) is 17.7 Å². The molecule has 2 atom stereocenters. The number of benzene rings is 1. The van der Waals surface area contributed by atoms with E-state index in [2.05, 4.69) is 24.9 Å². The fourth-order valence-electron chi connectivity index (χ4n) is 3.17. The summed E-state index contributed by atoms with van der Waals surface area (Å²) in [5, 5.41) is 1.18. The molecule has 3 rings (SSSR count). The first kappa shape index (κ1) is 16.4. The molecule has 1 fully saturated rings. The van der Waals surface area contributed by atoms with E-state index in [1.807, 2.05) is 17.2 Å². The van der Waals surface area contributed by atoms with Crippen LogP contribution in [0.15, 0.2) is 17.1 Å². The second-order valence-electron chi connectivity index (χ2n) is 6.67. The Morgan fingerprint density at radius 1 is 1.43 bits per heavy atom. The second-order valence-corrected chi connectivity index (χ2v) is 8.06. The van der Waals surface area contributed by atoms with Crippen molar-refractivity contribution in [3.63, 3.8) is 0 Å². The van der Waals surface area contributed by atoms with Gasteiger partial charge in [-0.2, -0.15) is 0 Å². The van der Waals surface area contributed by atoms with Crippen molar-refractivity contribution in [1.82, 2.24) is 4.90 Å². The highest BCUT2D eigenvalue weighted by molar-refractivity contribution is 7.47. The highest BCUT2D eigenvalue weighted by Crippen LogP contribution is 2.33. The molecule has 124 valence electrons. The Kier molecular flexibility index (Phi) is 5.01. The van der Waals surface area contributed by atoms with Crippen molar-refractivity contribution in [2.75, 3.05) is 19.8 Å². The molecule has 1 aromatic carbocycles. The highest BCUT2D eigenvalue weighted by Gasteiger charge is 2.32. The zero-order valence-corrected chi connectivity index (χ0v) is 15.1. The summed E-state index contributed by atoms with van der Waals surface area (Å²) in [5.74, 6) is 1.63. The van der Waals surface area contributed by atoms with Gasteiger partial charge < -0.3 is 9.64 Å². The van der Waals surface area contributed by atoms with Gasteiger partial charge in [-0.1, -0.05) is 22.4 Å². The van der Waals surface area contributed by atoms with Gasteiger partial charge >= 0.3 is 0 Å². The quantitative estimate of drug-likeness (QED) is 0.776. The predicted molar refractivity (Wildman–Crippen MR) is 97.5 cm³/mol. The van der Waals surface area contributed by atoms with Crippen molar-refractivity contribution in [2.24, 2.45) is 10.9 Å². The van der Waals surface area contributed by atoms with E-state index in [0.717, 1.165) is 37.0 Å². The van der Waals surface area contributed by atoms with Crippen LogP contribution in [0, 0.1) is 5.92 Å². The van der Waals surface area contributed by atoms with Gasteiger partial charge in [-0.05, 0) is 43.5 Å². The Balaban J connectivity index is 1.90. The van der Waals surface area contributed by atoms with Crippen LogP contribution in [-0.4, -0.2) is 42.9 Å². The number of rotatable bonds is 5. The van der Waals surface area contributed by atoms with E-state index < -0.39 is 0 Å². The summed E-state index contributed by atoms with van der Waals surface area (Å²) in [6.45, 7) is 5.32. The fraction of sp³-hybridized carbons (Fsp3) is 0.556. The molecule has 4 nitrogen and oxygen atoms in total. The van der Waals surface area contributed by atoms with Gasteiger partial charge in [-0.25, -0.2) is 0 Å². The van der Waals surface area contributed by atoms with Crippen LogP contribution < -0.4 is 10.0 Å². The Morgan fingerprint density at radius 2 is 2.26 bits per heavy atom. The van der Waals surface area contributed by atoms with E-state index in [1.165, 1.54) is 11.7 Å². The van der Waals surface area contributed by atoms with Gasteiger partial charge in [0.15, 0.2) is 0 Å². The summed E-state index contributed by atoms with van der Waals surface area (Å²) in [4.78, 5) is 19.4. The van der Waals surface area contributed by atoms with Gasteiger partial charge in [0.1, 0.15) is 5.75 Å². The molecule has 5 heteroatoms. The molecule has 0 bridgehead atoms. The molecule has 1 aromatic rings. The standard InChI is InChI=1S/C18H25N2O2P/c1-12(2)6-8-23-17-10-15-14(9-16(17)22-3)18(21)20-7-4-5-13(20)11-19-15/h9-13,23H,4-8H2,1-3H3. The lowest BCUT2D eigenvalue weighted by Gasteiger charge is -2.20. The number of hydrogen-bond donors (Lipinski definition) is 0. The molecule has 2 aliphatic heterocycles. The van der Waals surface area contributed by atoms with Crippen molar-refractivity contribution in [1.29, 1.82) is 0 Å². The van der Waals surface area contributed by atoms with Crippen molar-refractivity contribution in [3.8, 4) is 5.75 Å². The highest BCUT2D eigenvalue weighted by atomic mass is 31.1. The SMILES string of the molecule is COc1cc2c(cc1PCCC(C)C)N=CC1CCCN1C2=O. The maximum Gasteiger partial charge on any atom is 0.256 e. The third-order valence-electron chi connectivity index (χ3n) is 4.53. The van der Waals surface area contributed by atoms with Crippen LogP contribution in [0.2, 0.25) is 0 Å². The van der Waals surface area contributed by atoms with Crippen molar-refractivity contribution < 1.29 is 9.53 Å². The zero-order valence-electron chi connectivity index (χ0n) is 14.1. The molecule has 0 saturated carbocycles. The lowest BCUT2D eigenvalue weighted by atomic mass is 10.1. The van der Waals surface area contributed by atoms with Gasteiger partial charge in [0, 0.05) is 18.1 Å². The van der Waals surface area contributed by atoms with Crippen LogP contribution in [-0.2, 0) is 0 Å². The smallest absolute Gasteiger partial charge is 0.256 e. The number of carbonyl (C=O) groups excluding carboxylic acids is 1. The predicted octanol–water partition coefficient (Wildman–Crippen LogP) is 3.37. The van der Waals surface area contributed by atoms with Crippen LogP contribution in [0.25, 0.3) is 0 Å². The lowest BCUT2D eigenvalue weighted by Crippen LogP contribution is -2.35. The number of amides is 1. The number of methoxy groups -OCH3 is 1. The van der Waals surface area contributed by atoms with Crippen LogP contribution in [0.4, 0.5) is 5.69 Å². The molecule has 0 radical (unpaired) electrons. The van der Waals surface area contributed by atoms with Gasteiger partial charge in [0.2, 0.25) is 0 Å². The van der Waals surface area contributed by atoms with E-state index in [1.54, 1.807) is 7.11 Å². The summed E-state index contributed by atoms with van der Waals surface area (Å²) < 4.78 is 5.55. The Morgan fingerprint density at radius 3 is 3.00 bits per heavy atom. The molecule has 2 unspecified atom stereocenters. The minimum atomic E-state index is 0.0929. The topological polar surface area (TPSA) is 41.9 Å². The van der Waals surface area contributed by atoms with Crippen molar-refractivity contribution in [2.45, 2.75) is 39.2 Å². The van der Waals surface area contributed by atoms with E-state index in [-0.39, 0.29) is 11.9 Å². The maximum atomic E-state index is 12.8. The number of ether oxygens (including phenoxy) is 1. The fourth-order valence-corrected chi connectivity index (χ4v) is 4.75. The van der Waals surface area contributed by atoms with E-state index in [9.17, 15) is 4.79 Å². The summed E-state index contributed by atoms with van der Waals surface area (Å²) >= 11 is 0. The summed E-state index contributed by atoms with van der Waals surface area (Å²) in [7, 11) is 2.37. The molecule has 0 N–H and O–H groups in total. The van der Waals surface area contributed by atoms with Crippen LogP contribution >= 0.6 is 8.58 Å². The van der Waals surface area contributed by atoms with Gasteiger partial charge in [0.05, 0.1) is 24.4 Å². The average Bonchev–Trinajstić information content (AvgIpc) is 2.95. The largest absolute Gasteiger partial charge is 0.496 e. The van der Waals surface area contributed by atoms with Gasteiger partial charge in [0.25, 0.3) is 5.91 Å². The van der Waals surface area contributed by atoms with Gasteiger partial charge in [-0.3, -0.25) is 9.79 Å². The number of carbonyl (C=O) groups is 1. The first-order valence-corrected chi connectivity index (χ1v) is 9.62. The first-order valence-electron chi connectivity index (χ1n) is 8.41. The summed E-state index contributed by atoms with van der Waals surface area (Å²) in [6.07, 6.45) is 6.38. The minimum absolute atomic E-state index is 0.0929. The first-order chi connectivity index (χ1) is 11.1. The van der Waals surface area contributed by atoms with Crippen molar-refractivity contribution >= 4 is 31.7 Å². The molecule has 23 heavy (non-hydrogen) atoms. The molecule has 2 heterocycles. The third kappa shape index (κ3) is 3.42. The Labute approximate surface area is 140 Å². The number of hydrogen-bond acceptors (Lipinski definition) is 3. The van der Waals surface area contributed by atoms with Gasteiger partial charge in [-0.15, -0.1) is 0 Å². The summed E-state index contributed by atoms with van der Waals surface area (Å²) in [6, 6.07) is 4.12. The second kappa shape index (κ2) is 7.00. The van der Waals surface area contributed by atoms with Crippen LogP contribution in [0.5, 0.6) is 5.75 Å². The van der Waals surface area contributed by atoms with E-state index in [0.29, 0.717) is 20.1 Å². The number of aliphatic imine (C=N–C) groups is 1. The average molecular weight is 332 g/mol. The summed E-state index contributed by atoms with van der Waals surface area (Å²) in [5.41, 5.74) is 1.48. The number of fused-ring (bicyclic) bond motifs is 2.